The zero-order chi connectivity index (χ0) is 10.3. The molecule has 2 rings (SSSR count). The lowest BCUT2D eigenvalue weighted by atomic mass is 9.87. The third-order valence-electron chi connectivity index (χ3n) is 3.07. The van der Waals surface area contributed by atoms with Gasteiger partial charge in [0.15, 0.2) is 0 Å². The third-order valence-corrected chi connectivity index (χ3v) is 3.07. The fourth-order valence-electron chi connectivity index (χ4n) is 2.07. The lowest BCUT2D eigenvalue weighted by molar-refractivity contribution is -0.142. The van der Waals surface area contributed by atoms with Gasteiger partial charge >= 0.3 is 5.97 Å². The molecule has 0 radical (unpaired) electrons. The summed E-state index contributed by atoms with van der Waals surface area (Å²) >= 11 is 0. The van der Waals surface area contributed by atoms with Crippen LogP contribution in [0.3, 0.4) is 0 Å². The minimum absolute atomic E-state index is 0.239. The zero-order valence-corrected chi connectivity index (χ0v) is 8.45. The molecular weight excluding hydrogens is 180 g/mol. The summed E-state index contributed by atoms with van der Waals surface area (Å²) in [6.07, 6.45) is 2.19. The summed E-state index contributed by atoms with van der Waals surface area (Å²) in [5, 5.41) is 13.2. The number of aliphatic carboxylic acids is 1. The highest BCUT2D eigenvalue weighted by molar-refractivity contribution is 5.70. The van der Waals surface area contributed by atoms with Crippen LogP contribution in [0.1, 0.15) is 23.4 Å². The zero-order valence-electron chi connectivity index (χ0n) is 8.45. The lowest BCUT2D eigenvalue weighted by Gasteiger charge is -2.17. The first-order valence-electron chi connectivity index (χ1n) is 4.83. The number of fused-ring (bicyclic) bond motifs is 1. The molecule has 1 aliphatic carbocycles. The topological polar surface area (TPSA) is 55.1 Å². The number of carboxylic acids is 1. The van der Waals surface area contributed by atoms with Crippen LogP contribution < -0.4 is 0 Å². The molecule has 1 aromatic heterocycles. The van der Waals surface area contributed by atoms with Crippen molar-refractivity contribution in [1.29, 1.82) is 0 Å². The molecule has 0 spiro atoms. The molecule has 0 bridgehead atoms. The molecule has 0 saturated carbocycles. The van der Waals surface area contributed by atoms with Crippen LogP contribution in [-0.2, 0) is 24.7 Å². The first-order chi connectivity index (χ1) is 6.59. The molecule has 76 valence electrons. The third kappa shape index (κ3) is 1.31. The van der Waals surface area contributed by atoms with Crippen molar-refractivity contribution in [3.05, 3.63) is 17.0 Å². The number of hydrogen-bond acceptors (Lipinski definition) is 2. The minimum atomic E-state index is -0.695. The molecular formula is C10H14N2O2. The van der Waals surface area contributed by atoms with Crippen molar-refractivity contribution in [2.24, 2.45) is 13.0 Å². The summed E-state index contributed by atoms with van der Waals surface area (Å²) in [5.74, 6) is -0.934. The van der Waals surface area contributed by atoms with Gasteiger partial charge in [-0.05, 0) is 25.3 Å². The quantitative estimate of drug-likeness (QED) is 0.723. The first-order valence-corrected chi connectivity index (χ1v) is 4.83. The molecule has 1 heterocycles. The molecule has 0 saturated heterocycles. The van der Waals surface area contributed by atoms with E-state index in [9.17, 15) is 4.79 Å². The van der Waals surface area contributed by atoms with E-state index in [1.54, 1.807) is 0 Å². The summed E-state index contributed by atoms with van der Waals surface area (Å²) in [6.45, 7) is 2.03. The van der Waals surface area contributed by atoms with Crippen molar-refractivity contribution in [3.8, 4) is 0 Å². The van der Waals surface area contributed by atoms with E-state index in [1.807, 2.05) is 18.7 Å². The van der Waals surface area contributed by atoms with E-state index >= 15 is 0 Å². The van der Waals surface area contributed by atoms with Gasteiger partial charge in [0.2, 0.25) is 0 Å². The fraction of sp³-hybridized carbons (Fsp3) is 0.600. The average molecular weight is 194 g/mol. The SMILES string of the molecule is Cc1c2c(nn1C)CC(C(=O)O)CC2. The van der Waals surface area contributed by atoms with Gasteiger partial charge in [-0.2, -0.15) is 5.10 Å². The number of carboxylic acid groups (broad SMARTS) is 1. The van der Waals surface area contributed by atoms with Crippen LogP contribution in [0, 0.1) is 12.8 Å². The lowest BCUT2D eigenvalue weighted by Crippen LogP contribution is -2.22. The second kappa shape index (κ2) is 3.12. The Kier molecular flexibility index (Phi) is 2.06. The molecule has 1 atom stereocenters. The van der Waals surface area contributed by atoms with Gasteiger partial charge in [-0.15, -0.1) is 0 Å². The maximum atomic E-state index is 10.8. The second-order valence-corrected chi connectivity index (χ2v) is 3.91. The summed E-state index contributed by atoms with van der Waals surface area (Å²) < 4.78 is 1.84. The molecule has 0 amide bonds. The van der Waals surface area contributed by atoms with Gasteiger partial charge in [0.1, 0.15) is 0 Å². The standard InChI is InChI=1S/C10H14N2O2/c1-6-8-4-3-7(10(13)14)5-9(8)11-12(6)2/h7H,3-5H2,1-2H3,(H,13,14). The molecule has 14 heavy (non-hydrogen) atoms. The van der Waals surface area contributed by atoms with Crippen molar-refractivity contribution in [1.82, 2.24) is 9.78 Å². The van der Waals surface area contributed by atoms with Crippen molar-refractivity contribution >= 4 is 5.97 Å². The summed E-state index contributed by atoms with van der Waals surface area (Å²) in [4.78, 5) is 10.8. The molecule has 4 nitrogen and oxygen atoms in total. The van der Waals surface area contributed by atoms with Crippen LogP contribution >= 0.6 is 0 Å². The number of aryl methyl sites for hydroxylation is 1. The Morgan fingerprint density at radius 1 is 1.64 bits per heavy atom. The maximum Gasteiger partial charge on any atom is 0.306 e. The van der Waals surface area contributed by atoms with Gasteiger partial charge in [0.05, 0.1) is 11.6 Å². The van der Waals surface area contributed by atoms with E-state index < -0.39 is 5.97 Å². The Balaban J connectivity index is 2.31. The van der Waals surface area contributed by atoms with Gasteiger partial charge < -0.3 is 5.11 Å². The molecule has 4 heteroatoms. The molecule has 1 aliphatic rings. The smallest absolute Gasteiger partial charge is 0.306 e. The highest BCUT2D eigenvalue weighted by Crippen LogP contribution is 2.26. The van der Waals surface area contributed by atoms with Gasteiger partial charge in [0, 0.05) is 19.2 Å². The number of carbonyl (C=O) groups is 1. The Bertz CT molecular complexity index is 382. The number of rotatable bonds is 1. The van der Waals surface area contributed by atoms with Crippen molar-refractivity contribution in [3.63, 3.8) is 0 Å². The molecule has 0 aliphatic heterocycles. The highest BCUT2D eigenvalue weighted by atomic mass is 16.4. The predicted molar refractivity (Wildman–Crippen MR) is 51.1 cm³/mol. The van der Waals surface area contributed by atoms with Crippen LogP contribution in [0.25, 0.3) is 0 Å². The van der Waals surface area contributed by atoms with Crippen molar-refractivity contribution < 1.29 is 9.90 Å². The van der Waals surface area contributed by atoms with Gasteiger partial charge in [-0.1, -0.05) is 0 Å². The van der Waals surface area contributed by atoms with Crippen LogP contribution in [0.4, 0.5) is 0 Å². The van der Waals surface area contributed by atoms with Crippen molar-refractivity contribution in [2.75, 3.05) is 0 Å². The average Bonchev–Trinajstić information content (AvgIpc) is 2.42. The Labute approximate surface area is 82.5 Å². The molecule has 1 N–H and O–H groups in total. The van der Waals surface area contributed by atoms with Crippen LogP contribution in [0.5, 0.6) is 0 Å². The van der Waals surface area contributed by atoms with E-state index in [-0.39, 0.29) is 5.92 Å². The Morgan fingerprint density at radius 3 is 3.00 bits per heavy atom. The summed E-state index contributed by atoms with van der Waals surface area (Å²) in [7, 11) is 1.91. The largest absolute Gasteiger partial charge is 0.481 e. The van der Waals surface area contributed by atoms with Crippen molar-refractivity contribution in [2.45, 2.75) is 26.2 Å². The molecule has 1 aromatic rings. The fourth-order valence-corrected chi connectivity index (χ4v) is 2.07. The van der Waals surface area contributed by atoms with Crippen LogP contribution in [0.2, 0.25) is 0 Å². The Hall–Kier alpha value is -1.32. The summed E-state index contributed by atoms with van der Waals surface area (Å²) in [5.41, 5.74) is 3.40. The maximum absolute atomic E-state index is 10.8. The summed E-state index contributed by atoms with van der Waals surface area (Å²) in [6, 6.07) is 0. The van der Waals surface area contributed by atoms with Crippen LogP contribution in [-0.4, -0.2) is 20.9 Å². The molecule has 1 unspecified atom stereocenters. The molecule has 0 aromatic carbocycles. The van der Waals surface area contributed by atoms with E-state index in [0.29, 0.717) is 6.42 Å². The number of nitrogens with zero attached hydrogens (tertiary/aromatic N) is 2. The Morgan fingerprint density at radius 2 is 2.36 bits per heavy atom. The van der Waals surface area contributed by atoms with E-state index in [0.717, 1.165) is 18.5 Å². The molecule has 0 fully saturated rings. The normalized spacial score (nSPS) is 20.6. The van der Waals surface area contributed by atoms with Gasteiger partial charge in [-0.3, -0.25) is 9.48 Å². The predicted octanol–water partition coefficient (Wildman–Crippen LogP) is 0.918. The minimum Gasteiger partial charge on any atom is -0.481 e. The monoisotopic (exact) mass is 194 g/mol. The second-order valence-electron chi connectivity index (χ2n) is 3.91. The highest BCUT2D eigenvalue weighted by Gasteiger charge is 2.27. The van der Waals surface area contributed by atoms with E-state index in [1.165, 1.54) is 11.3 Å². The number of aromatic nitrogens is 2. The van der Waals surface area contributed by atoms with E-state index in [4.69, 9.17) is 5.11 Å². The number of hydrogen-bond donors (Lipinski definition) is 1. The first kappa shape index (κ1) is 9.24. The van der Waals surface area contributed by atoms with Gasteiger partial charge in [-0.25, -0.2) is 0 Å². The van der Waals surface area contributed by atoms with E-state index in [2.05, 4.69) is 5.10 Å². The van der Waals surface area contributed by atoms with Crippen LogP contribution in [0.15, 0.2) is 0 Å². The van der Waals surface area contributed by atoms with Gasteiger partial charge in [0.25, 0.3) is 0 Å².